The van der Waals surface area contributed by atoms with Crippen molar-refractivity contribution in [3.63, 3.8) is 0 Å². The van der Waals surface area contributed by atoms with E-state index in [4.69, 9.17) is 10.5 Å². The molecule has 0 saturated heterocycles. The molecule has 0 unspecified atom stereocenters. The van der Waals surface area contributed by atoms with Gasteiger partial charge in [0, 0.05) is 26.3 Å². The molecule has 0 amide bonds. The van der Waals surface area contributed by atoms with Crippen LogP contribution in [-0.2, 0) is 4.74 Å². The first-order chi connectivity index (χ1) is 7.22. The summed E-state index contributed by atoms with van der Waals surface area (Å²) in [7, 11) is 1.71. The first kappa shape index (κ1) is 11.7. The maximum atomic E-state index is 5.60. The molecule has 0 spiro atoms. The lowest BCUT2D eigenvalue weighted by atomic mass is 10.3. The fourth-order valence-corrected chi connectivity index (χ4v) is 1.27. The molecular formula is C10H18N4O. The molecule has 1 aromatic heterocycles. The third kappa shape index (κ3) is 4.60. The van der Waals surface area contributed by atoms with Crippen LogP contribution >= 0.6 is 0 Å². The van der Waals surface area contributed by atoms with E-state index in [9.17, 15) is 0 Å². The minimum Gasteiger partial charge on any atom is -0.385 e. The molecule has 0 aliphatic heterocycles. The van der Waals surface area contributed by atoms with Crippen molar-refractivity contribution in [2.45, 2.75) is 19.8 Å². The number of aromatic nitrogens is 2. The summed E-state index contributed by atoms with van der Waals surface area (Å²) >= 11 is 0. The monoisotopic (exact) mass is 210 g/mol. The van der Waals surface area contributed by atoms with Gasteiger partial charge < -0.3 is 15.8 Å². The number of methoxy groups -OCH3 is 1. The molecule has 1 heterocycles. The van der Waals surface area contributed by atoms with Gasteiger partial charge >= 0.3 is 0 Å². The molecule has 0 saturated carbocycles. The highest BCUT2D eigenvalue weighted by molar-refractivity contribution is 5.44. The van der Waals surface area contributed by atoms with Crippen LogP contribution in [0, 0.1) is 6.92 Å². The smallest absolute Gasteiger partial charge is 0.131 e. The minimum absolute atomic E-state index is 0.502. The summed E-state index contributed by atoms with van der Waals surface area (Å²) < 4.78 is 4.96. The van der Waals surface area contributed by atoms with Gasteiger partial charge in [0.1, 0.15) is 17.5 Å². The van der Waals surface area contributed by atoms with Crippen molar-refractivity contribution in [2.75, 3.05) is 31.3 Å². The van der Waals surface area contributed by atoms with Crippen LogP contribution in [0.3, 0.4) is 0 Å². The molecule has 15 heavy (non-hydrogen) atoms. The van der Waals surface area contributed by atoms with E-state index < -0.39 is 0 Å². The average Bonchev–Trinajstić information content (AvgIpc) is 2.16. The van der Waals surface area contributed by atoms with Gasteiger partial charge in [-0.1, -0.05) is 0 Å². The Morgan fingerprint density at radius 2 is 2.20 bits per heavy atom. The molecule has 0 radical (unpaired) electrons. The Kier molecular flexibility index (Phi) is 4.83. The Morgan fingerprint density at radius 1 is 1.40 bits per heavy atom. The topological polar surface area (TPSA) is 73.1 Å². The summed E-state index contributed by atoms with van der Waals surface area (Å²) in [5.74, 6) is 1.98. The van der Waals surface area contributed by atoms with Gasteiger partial charge in [0.25, 0.3) is 0 Å². The molecule has 0 atom stereocenters. The summed E-state index contributed by atoms with van der Waals surface area (Å²) in [4.78, 5) is 8.22. The lowest BCUT2D eigenvalue weighted by Gasteiger charge is -2.06. The largest absolute Gasteiger partial charge is 0.385 e. The highest BCUT2D eigenvalue weighted by Gasteiger charge is 1.97. The molecule has 0 aliphatic carbocycles. The zero-order chi connectivity index (χ0) is 11.1. The number of aryl methyl sites for hydroxylation is 1. The van der Waals surface area contributed by atoms with Crippen LogP contribution in [0.25, 0.3) is 0 Å². The van der Waals surface area contributed by atoms with Crippen molar-refractivity contribution >= 4 is 11.6 Å². The lowest BCUT2D eigenvalue weighted by Crippen LogP contribution is -2.07. The summed E-state index contributed by atoms with van der Waals surface area (Å²) in [5.41, 5.74) is 5.60. The van der Waals surface area contributed by atoms with Crippen LogP contribution in [0.1, 0.15) is 18.7 Å². The second kappa shape index (κ2) is 6.19. The first-order valence-electron chi connectivity index (χ1n) is 5.06. The average molecular weight is 210 g/mol. The van der Waals surface area contributed by atoms with Gasteiger partial charge in [-0.2, -0.15) is 0 Å². The van der Waals surface area contributed by atoms with Crippen LogP contribution in [0.5, 0.6) is 0 Å². The highest BCUT2D eigenvalue weighted by atomic mass is 16.5. The normalized spacial score (nSPS) is 10.3. The molecule has 0 fully saturated rings. The number of ether oxygens (including phenoxy) is 1. The molecule has 0 aliphatic rings. The number of hydrogen-bond acceptors (Lipinski definition) is 5. The Hall–Kier alpha value is -1.36. The van der Waals surface area contributed by atoms with E-state index in [1.165, 1.54) is 0 Å². The third-order valence-corrected chi connectivity index (χ3v) is 1.94. The Balaban J connectivity index is 2.31. The highest BCUT2D eigenvalue weighted by Crippen LogP contribution is 2.07. The van der Waals surface area contributed by atoms with Crippen molar-refractivity contribution in [3.05, 3.63) is 11.9 Å². The van der Waals surface area contributed by atoms with Gasteiger partial charge in [0.2, 0.25) is 0 Å². The van der Waals surface area contributed by atoms with Gasteiger partial charge in [-0.15, -0.1) is 0 Å². The first-order valence-corrected chi connectivity index (χ1v) is 5.06. The van der Waals surface area contributed by atoms with Crippen molar-refractivity contribution in [1.82, 2.24) is 9.97 Å². The number of rotatable bonds is 6. The number of nitrogens with two attached hydrogens (primary N) is 1. The SMILES string of the molecule is COCCCCNc1cc(N)nc(C)n1. The van der Waals surface area contributed by atoms with Crippen LogP contribution in [0.15, 0.2) is 6.07 Å². The van der Waals surface area contributed by atoms with Gasteiger partial charge in [-0.3, -0.25) is 0 Å². The molecule has 0 aromatic carbocycles. The summed E-state index contributed by atoms with van der Waals surface area (Å²) in [6, 6.07) is 1.74. The van der Waals surface area contributed by atoms with E-state index in [2.05, 4.69) is 15.3 Å². The molecule has 3 N–H and O–H groups in total. The van der Waals surface area contributed by atoms with E-state index in [0.29, 0.717) is 11.6 Å². The van der Waals surface area contributed by atoms with E-state index in [-0.39, 0.29) is 0 Å². The fraction of sp³-hybridized carbons (Fsp3) is 0.600. The van der Waals surface area contributed by atoms with Crippen molar-refractivity contribution < 1.29 is 4.74 Å². The standard InChI is InChI=1S/C10H18N4O/c1-8-13-9(11)7-10(14-8)12-5-3-4-6-15-2/h7H,3-6H2,1-2H3,(H3,11,12,13,14). The van der Waals surface area contributed by atoms with Crippen molar-refractivity contribution in [1.29, 1.82) is 0 Å². The molecule has 0 bridgehead atoms. The summed E-state index contributed by atoms with van der Waals surface area (Å²) in [6.45, 7) is 3.50. The summed E-state index contributed by atoms with van der Waals surface area (Å²) in [6.07, 6.45) is 2.10. The maximum Gasteiger partial charge on any atom is 0.131 e. The van der Waals surface area contributed by atoms with E-state index >= 15 is 0 Å². The van der Waals surface area contributed by atoms with Crippen LogP contribution in [0.2, 0.25) is 0 Å². The van der Waals surface area contributed by atoms with Crippen molar-refractivity contribution in [3.8, 4) is 0 Å². The predicted octanol–water partition coefficient (Wildman–Crippen LogP) is 1.21. The van der Waals surface area contributed by atoms with Crippen LogP contribution < -0.4 is 11.1 Å². The van der Waals surface area contributed by atoms with Gasteiger partial charge in [0.15, 0.2) is 0 Å². The second-order valence-electron chi connectivity index (χ2n) is 3.35. The fourth-order valence-electron chi connectivity index (χ4n) is 1.27. The maximum absolute atomic E-state index is 5.60. The van der Waals surface area contributed by atoms with Gasteiger partial charge in [0.05, 0.1) is 0 Å². The number of anilines is 2. The lowest BCUT2D eigenvalue weighted by molar-refractivity contribution is 0.194. The number of unbranched alkanes of at least 4 members (excludes halogenated alkanes) is 1. The van der Waals surface area contributed by atoms with Crippen molar-refractivity contribution in [2.24, 2.45) is 0 Å². The predicted molar refractivity (Wildman–Crippen MR) is 60.8 cm³/mol. The Labute approximate surface area is 90.1 Å². The third-order valence-electron chi connectivity index (χ3n) is 1.94. The zero-order valence-electron chi connectivity index (χ0n) is 9.29. The van der Waals surface area contributed by atoms with Gasteiger partial charge in [-0.05, 0) is 19.8 Å². The zero-order valence-corrected chi connectivity index (χ0v) is 9.29. The Bertz CT molecular complexity index is 283. The molecule has 84 valence electrons. The Morgan fingerprint density at radius 3 is 2.87 bits per heavy atom. The summed E-state index contributed by atoms with van der Waals surface area (Å²) in [5, 5.41) is 3.20. The number of nitrogens with zero attached hydrogens (tertiary/aromatic N) is 2. The second-order valence-corrected chi connectivity index (χ2v) is 3.35. The van der Waals surface area contributed by atoms with Crippen LogP contribution in [-0.4, -0.2) is 30.2 Å². The quantitative estimate of drug-likeness (QED) is 0.690. The molecule has 5 heteroatoms. The number of nitrogens with one attached hydrogen (secondary N) is 1. The molecule has 1 aromatic rings. The van der Waals surface area contributed by atoms with Crippen LogP contribution in [0.4, 0.5) is 11.6 Å². The van der Waals surface area contributed by atoms with E-state index in [0.717, 1.165) is 31.8 Å². The molecule has 1 rings (SSSR count). The van der Waals surface area contributed by atoms with Gasteiger partial charge in [-0.25, -0.2) is 9.97 Å². The molecule has 5 nitrogen and oxygen atoms in total. The minimum atomic E-state index is 0.502. The van der Waals surface area contributed by atoms with E-state index in [1.807, 2.05) is 6.92 Å². The number of nitrogen functional groups attached to an aromatic ring is 1. The number of hydrogen-bond donors (Lipinski definition) is 2. The van der Waals surface area contributed by atoms with E-state index in [1.54, 1.807) is 13.2 Å². The molecular weight excluding hydrogens is 192 g/mol.